The maximum Gasteiger partial charge on any atom is 0.0619 e. The zero-order valence-corrected chi connectivity index (χ0v) is 7.84. The van der Waals surface area contributed by atoms with Crippen LogP contribution in [-0.4, -0.2) is 39.5 Å². The van der Waals surface area contributed by atoms with Gasteiger partial charge in [-0.15, -0.1) is 0 Å². The first-order valence-corrected chi connectivity index (χ1v) is 4.73. The minimum atomic E-state index is 0.604. The zero-order valence-electron chi connectivity index (χ0n) is 7.84. The molecule has 1 rings (SSSR count). The molecule has 1 fully saturated rings. The summed E-state index contributed by atoms with van der Waals surface area (Å²) in [6, 6.07) is 0.604. The van der Waals surface area contributed by atoms with Gasteiger partial charge in [0.05, 0.1) is 6.61 Å². The quantitative estimate of drug-likeness (QED) is 0.602. The molecule has 0 spiro atoms. The van der Waals surface area contributed by atoms with Gasteiger partial charge in [-0.2, -0.15) is 0 Å². The van der Waals surface area contributed by atoms with Crippen molar-refractivity contribution < 1.29 is 9.47 Å². The fraction of sp³-hybridized carbons (Fsp3) is 1.00. The highest BCUT2D eigenvalue weighted by Gasteiger charge is 2.12. The van der Waals surface area contributed by atoms with E-state index in [1.807, 2.05) is 0 Å². The zero-order chi connectivity index (χ0) is 8.65. The smallest absolute Gasteiger partial charge is 0.0619 e. The van der Waals surface area contributed by atoms with Crippen molar-refractivity contribution in [1.82, 2.24) is 5.32 Å². The summed E-state index contributed by atoms with van der Waals surface area (Å²) in [6.07, 6.45) is 3.57. The standard InChI is InChI=1S/C9H19NO2/c1-11-6-3-7-12-8-9-4-2-5-10-9/h9-10H,2-8H2,1H3. The summed E-state index contributed by atoms with van der Waals surface area (Å²) in [5.41, 5.74) is 0. The second-order valence-corrected chi connectivity index (χ2v) is 3.21. The van der Waals surface area contributed by atoms with Gasteiger partial charge in [0, 0.05) is 26.4 Å². The average Bonchev–Trinajstić information content (AvgIpc) is 2.57. The molecule has 1 heterocycles. The number of hydrogen-bond donors (Lipinski definition) is 1. The third-order valence-electron chi connectivity index (χ3n) is 2.12. The van der Waals surface area contributed by atoms with Crippen molar-refractivity contribution in [2.45, 2.75) is 25.3 Å². The van der Waals surface area contributed by atoms with Gasteiger partial charge in [-0.05, 0) is 25.8 Å². The molecule has 1 aliphatic rings. The molecule has 0 amide bonds. The van der Waals surface area contributed by atoms with Crippen LogP contribution in [0.15, 0.2) is 0 Å². The van der Waals surface area contributed by atoms with Crippen LogP contribution in [0.2, 0.25) is 0 Å². The Balaban J connectivity index is 1.81. The third-order valence-corrected chi connectivity index (χ3v) is 2.12. The molecule has 0 saturated carbocycles. The van der Waals surface area contributed by atoms with Crippen LogP contribution < -0.4 is 5.32 Å². The van der Waals surface area contributed by atoms with E-state index < -0.39 is 0 Å². The summed E-state index contributed by atoms with van der Waals surface area (Å²) >= 11 is 0. The van der Waals surface area contributed by atoms with E-state index in [1.165, 1.54) is 12.8 Å². The van der Waals surface area contributed by atoms with Crippen molar-refractivity contribution >= 4 is 0 Å². The fourth-order valence-electron chi connectivity index (χ4n) is 1.43. The van der Waals surface area contributed by atoms with Crippen molar-refractivity contribution in [3.63, 3.8) is 0 Å². The molecule has 1 N–H and O–H groups in total. The molecule has 3 nitrogen and oxygen atoms in total. The van der Waals surface area contributed by atoms with Crippen LogP contribution in [0.3, 0.4) is 0 Å². The third kappa shape index (κ3) is 4.04. The molecule has 0 aromatic heterocycles. The number of hydrogen-bond acceptors (Lipinski definition) is 3. The predicted molar refractivity (Wildman–Crippen MR) is 48.3 cm³/mol. The van der Waals surface area contributed by atoms with Crippen LogP contribution in [0.1, 0.15) is 19.3 Å². The SMILES string of the molecule is COCCCOCC1CCCN1. The summed E-state index contributed by atoms with van der Waals surface area (Å²) in [6.45, 7) is 3.65. The van der Waals surface area contributed by atoms with Gasteiger partial charge < -0.3 is 14.8 Å². The summed E-state index contributed by atoms with van der Waals surface area (Å²) in [5.74, 6) is 0. The molecule has 1 atom stereocenters. The Morgan fingerprint density at radius 3 is 3.00 bits per heavy atom. The first-order chi connectivity index (χ1) is 5.93. The second-order valence-electron chi connectivity index (χ2n) is 3.21. The first-order valence-electron chi connectivity index (χ1n) is 4.73. The summed E-state index contributed by atoms with van der Waals surface area (Å²) in [5, 5.41) is 3.39. The van der Waals surface area contributed by atoms with E-state index in [9.17, 15) is 0 Å². The minimum Gasteiger partial charge on any atom is -0.385 e. The molecule has 0 aromatic carbocycles. The van der Waals surface area contributed by atoms with E-state index in [0.29, 0.717) is 6.04 Å². The monoisotopic (exact) mass is 173 g/mol. The van der Waals surface area contributed by atoms with Crippen molar-refractivity contribution in [3.8, 4) is 0 Å². The Hall–Kier alpha value is -0.120. The highest BCUT2D eigenvalue weighted by atomic mass is 16.5. The van der Waals surface area contributed by atoms with Crippen molar-refractivity contribution in [2.24, 2.45) is 0 Å². The van der Waals surface area contributed by atoms with E-state index in [4.69, 9.17) is 9.47 Å². The van der Waals surface area contributed by atoms with E-state index in [0.717, 1.165) is 32.8 Å². The Bertz CT molecular complexity index is 103. The highest BCUT2D eigenvalue weighted by molar-refractivity contribution is 4.73. The van der Waals surface area contributed by atoms with Crippen LogP contribution in [0.5, 0.6) is 0 Å². The molecule has 12 heavy (non-hydrogen) atoms. The largest absolute Gasteiger partial charge is 0.385 e. The van der Waals surface area contributed by atoms with E-state index in [1.54, 1.807) is 7.11 Å². The van der Waals surface area contributed by atoms with Crippen LogP contribution in [0, 0.1) is 0 Å². The first kappa shape index (κ1) is 9.96. The normalized spacial score (nSPS) is 23.2. The average molecular weight is 173 g/mol. The Labute approximate surface area is 74.4 Å². The van der Waals surface area contributed by atoms with E-state index in [2.05, 4.69) is 5.32 Å². The topological polar surface area (TPSA) is 30.5 Å². The molecule has 0 radical (unpaired) electrons. The van der Waals surface area contributed by atoms with Gasteiger partial charge in [-0.3, -0.25) is 0 Å². The van der Waals surface area contributed by atoms with Gasteiger partial charge in [0.15, 0.2) is 0 Å². The second kappa shape index (κ2) is 6.40. The number of rotatable bonds is 6. The van der Waals surface area contributed by atoms with Crippen molar-refractivity contribution in [2.75, 3.05) is 33.5 Å². The molecular formula is C9H19NO2. The predicted octanol–water partition coefficient (Wildman–Crippen LogP) is 0.791. The number of ether oxygens (including phenoxy) is 2. The lowest BCUT2D eigenvalue weighted by atomic mass is 10.2. The van der Waals surface area contributed by atoms with Gasteiger partial charge in [0.1, 0.15) is 0 Å². The molecule has 1 saturated heterocycles. The van der Waals surface area contributed by atoms with Crippen molar-refractivity contribution in [3.05, 3.63) is 0 Å². The maximum atomic E-state index is 5.48. The molecule has 1 unspecified atom stereocenters. The lowest BCUT2D eigenvalue weighted by Crippen LogP contribution is -2.26. The molecule has 72 valence electrons. The van der Waals surface area contributed by atoms with Gasteiger partial charge in [0.25, 0.3) is 0 Å². The van der Waals surface area contributed by atoms with E-state index >= 15 is 0 Å². The molecule has 0 bridgehead atoms. The lowest BCUT2D eigenvalue weighted by Gasteiger charge is -2.10. The van der Waals surface area contributed by atoms with Crippen molar-refractivity contribution in [1.29, 1.82) is 0 Å². The van der Waals surface area contributed by atoms with Gasteiger partial charge in [-0.25, -0.2) is 0 Å². The van der Waals surface area contributed by atoms with Crippen LogP contribution in [0.25, 0.3) is 0 Å². The molecule has 3 heteroatoms. The molecular weight excluding hydrogens is 154 g/mol. The number of methoxy groups -OCH3 is 1. The van der Waals surface area contributed by atoms with E-state index in [-0.39, 0.29) is 0 Å². The van der Waals surface area contributed by atoms with Crippen LogP contribution in [-0.2, 0) is 9.47 Å². The molecule has 1 aliphatic heterocycles. The Kier molecular flexibility index (Phi) is 5.32. The number of nitrogens with one attached hydrogen (secondary N) is 1. The summed E-state index contributed by atoms with van der Waals surface area (Å²) < 4.78 is 10.4. The van der Waals surface area contributed by atoms with Gasteiger partial charge in [-0.1, -0.05) is 0 Å². The minimum absolute atomic E-state index is 0.604. The van der Waals surface area contributed by atoms with Crippen LogP contribution >= 0.6 is 0 Å². The molecule has 0 aromatic rings. The maximum absolute atomic E-state index is 5.48. The molecule has 0 aliphatic carbocycles. The Morgan fingerprint density at radius 1 is 1.42 bits per heavy atom. The van der Waals surface area contributed by atoms with Gasteiger partial charge >= 0.3 is 0 Å². The summed E-state index contributed by atoms with van der Waals surface area (Å²) in [4.78, 5) is 0. The van der Waals surface area contributed by atoms with Crippen LogP contribution in [0.4, 0.5) is 0 Å². The Morgan fingerprint density at radius 2 is 2.33 bits per heavy atom. The van der Waals surface area contributed by atoms with Gasteiger partial charge in [0.2, 0.25) is 0 Å². The summed E-state index contributed by atoms with van der Waals surface area (Å²) in [7, 11) is 1.72. The lowest BCUT2D eigenvalue weighted by molar-refractivity contribution is 0.0909. The fourth-order valence-corrected chi connectivity index (χ4v) is 1.43. The highest BCUT2D eigenvalue weighted by Crippen LogP contribution is 2.04.